The first kappa shape index (κ1) is 24.2. The Balaban J connectivity index is 1.85. The summed E-state index contributed by atoms with van der Waals surface area (Å²) in [6.45, 7) is 0.101. The number of rotatable bonds is 7. The van der Waals surface area contributed by atoms with Gasteiger partial charge in [0.25, 0.3) is 11.7 Å². The Bertz CT molecular complexity index is 1300. The molecular weight excluding hydrogens is 470 g/mol. The molecule has 0 saturated carbocycles. The van der Waals surface area contributed by atoms with E-state index in [2.05, 4.69) is 0 Å². The molecule has 1 saturated heterocycles. The van der Waals surface area contributed by atoms with Crippen LogP contribution in [0.4, 0.5) is 0 Å². The third kappa shape index (κ3) is 4.68. The monoisotopic (exact) mass is 493 g/mol. The number of nitrogens with zero attached hydrogens (tertiary/aromatic N) is 1. The Labute approximate surface area is 208 Å². The van der Waals surface area contributed by atoms with E-state index in [1.165, 1.54) is 26.2 Å². The third-order valence-corrected chi connectivity index (χ3v) is 6.12. The first-order chi connectivity index (χ1) is 16.9. The summed E-state index contributed by atoms with van der Waals surface area (Å²) in [6, 6.07) is 17.9. The maximum Gasteiger partial charge on any atom is 0.295 e. The number of ketones is 1. The van der Waals surface area contributed by atoms with Crippen LogP contribution in [0.1, 0.15) is 22.7 Å². The molecule has 1 aliphatic heterocycles. The van der Waals surface area contributed by atoms with Crippen molar-refractivity contribution in [2.24, 2.45) is 0 Å². The van der Waals surface area contributed by atoms with Gasteiger partial charge in [-0.25, -0.2) is 0 Å². The molecule has 0 spiro atoms. The van der Waals surface area contributed by atoms with Gasteiger partial charge in [-0.3, -0.25) is 9.59 Å². The molecule has 0 aliphatic carbocycles. The van der Waals surface area contributed by atoms with Gasteiger partial charge < -0.3 is 24.2 Å². The molecule has 8 heteroatoms. The SMILES string of the molecule is COc1cccc(C2/C(=C(\O)c3ccc(Cl)cc3)C(=O)C(=O)N2Cc2ccc(OC)c(OC)c2)c1. The lowest BCUT2D eigenvalue weighted by Gasteiger charge is -2.26. The number of amides is 1. The topological polar surface area (TPSA) is 85.3 Å². The van der Waals surface area contributed by atoms with E-state index in [0.717, 1.165) is 5.56 Å². The summed E-state index contributed by atoms with van der Waals surface area (Å²) >= 11 is 5.99. The highest BCUT2D eigenvalue weighted by Gasteiger charge is 2.46. The van der Waals surface area contributed by atoms with Crippen molar-refractivity contribution in [2.45, 2.75) is 12.6 Å². The smallest absolute Gasteiger partial charge is 0.295 e. The van der Waals surface area contributed by atoms with Crippen molar-refractivity contribution in [1.29, 1.82) is 0 Å². The van der Waals surface area contributed by atoms with E-state index < -0.39 is 17.7 Å². The zero-order valence-corrected chi connectivity index (χ0v) is 20.2. The standard InChI is InChI=1S/C27H24ClNO6/c1-33-20-6-4-5-18(14-20)24-23(25(30)17-8-10-19(28)11-9-17)26(31)27(32)29(24)15-16-7-12-21(34-2)22(13-16)35-3/h4-14,24,30H,15H2,1-3H3/b25-23+. The van der Waals surface area contributed by atoms with Crippen LogP contribution in [0.3, 0.4) is 0 Å². The molecule has 3 aromatic carbocycles. The van der Waals surface area contributed by atoms with Crippen LogP contribution in [0.2, 0.25) is 5.02 Å². The van der Waals surface area contributed by atoms with Gasteiger partial charge >= 0.3 is 0 Å². The van der Waals surface area contributed by atoms with Crippen molar-refractivity contribution < 1.29 is 28.9 Å². The number of aliphatic hydroxyl groups excluding tert-OH is 1. The quantitative estimate of drug-likeness (QED) is 0.283. The zero-order chi connectivity index (χ0) is 25.1. The van der Waals surface area contributed by atoms with Crippen molar-refractivity contribution in [3.8, 4) is 17.2 Å². The average molecular weight is 494 g/mol. The Morgan fingerprint density at radius 1 is 0.914 bits per heavy atom. The molecular formula is C27H24ClNO6. The molecule has 1 atom stereocenters. The first-order valence-corrected chi connectivity index (χ1v) is 11.1. The molecule has 1 unspecified atom stereocenters. The molecule has 0 bridgehead atoms. The first-order valence-electron chi connectivity index (χ1n) is 10.8. The summed E-state index contributed by atoms with van der Waals surface area (Å²) < 4.78 is 16.0. The van der Waals surface area contributed by atoms with Gasteiger partial charge in [-0.1, -0.05) is 29.8 Å². The molecule has 35 heavy (non-hydrogen) atoms. The van der Waals surface area contributed by atoms with Crippen LogP contribution in [-0.2, 0) is 16.1 Å². The maximum absolute atomic E-state index is 13.2. The van der Waals surface area contributed by atoms with E-state index in [9.17, 15) is 14.7 Å². The number of halogens is 1. The summed E-state index contributed by atoms with van der Waals surface area (Å²) in [5.41, 5.74) is 1.72. The van der Waals surface area contributed by atoms with Crippen LogP contribution < -0.4 is 14.2 Å². The van der Waals surface area contributed by atoms with E-state index in [1.807, 2.05) is 0 Å². The number of benzene rings is 3. The van der Waals surface area contributed by atoms with Gasteiger partial charge in [-0.05, 0) is 59.7 Å². The second-order valence-corrected chi connectivity index (χ2v) is 8.34. The van der Waals surface area contributed by atoms with Crippen molar-refractivity contribution in [1.82, 2.24) is 4.90 Å². The molecule has 0 radical (unpaired) electrons. The van der Waals surface area contributed by atoms with Crippen LogP contribution in [-0.4, -0.2) is 43.0 Å². The van der Waals surface area contributed by atoms with Crippen molar-refractivity contribution in [2.75, 3.05) is 21.3 Å². The van der Waals surface area contributed by atoms with Gasteiger partial charge in [0, 0.05) is 17.1 Å². The van der Waals surface area contributed by atoms with Crippen LogP contribution >= 0.6 is 11.6 Å². The number of carbonyl (C=O) groups excluding carboxylic acids is 2. The fraction of sp³-hybridized carbons (Fsp3) is 0.185. The predicted molar refractivity (Wildman–Crippen MR) is 132 cm³/mol. The van der Waals surface area contributed by atoms with Gasteiger partial charge in [0.15, 0.2) is 11.5 Å². The Hall–Kier alpha value is -3.97. The zero-order valence-electron chi connectivity index (χ0n) is 19.4. The van der Waals surface area contributed by atoms with E-state index in [-0.39, 0.29) is 17.9 Å². The molecule has 3 aromatic rings. The molecule has 1 amide bonds. The largest absolute Gasteiger partial charge is 0.507 e. The van der Waals surface area contributed by atoms with Crippen LogP contribution in [0.5, 0.6) is 17.2 Å². The second-order valence-electron chi connectivity index (χ2n) is 7.90. The molecule has 1 fully saturated rings. The minimum atomic E-state index is -0.839. The molecule has 0 aromatic heterocycles. The Kier molecular flexibility index (Phi) is 6.98. The minimum absolute atomic E-state index is 0.00829. The van der Waals surface area contributed by atoms with E-state index in [1.54, 1.807) is 66.7 Å². The number of ether oxygens (including phenoxy) is 3. The van der Waals surface area contributed by atoms with E-state index >= 15 is 0 Å². The number of aliphatic hydroxyl groups is 1. The normalized spacial score (nSPS) is 16.9. The predicted octanol–water partition coefficient (Wildman–Crippen LogP) is 4.99. The summed E-state index contributed by atoms with van der Waals surface area (Å²) in [6.07, 6.45) is 0. The van der Waals surface area contributed by atoms with Gasteiger partial charge in [0.1, 0.15) is 11.5 Å². The highest BCUT2D eigenvalue weighted by molar-refractivity contribution is 6.46. The van der Waals surface area contributed by atoms with E-state index in [4.69, 9.17) is 25.8 Å². The van der Waals surface area contributed by atoms with Gasteiger partial charge in [-0.15, -0.1) is 0 Å². The molecule has 1 N–H and O–H groups in total. The highest BCUT2D eigenvalue weighted by Crippen LogP contribution is 2.41. The number of hydrogen-bond donors (Lipinski definition) is 1. The molecule has 1 heterocycles. The number of carbonyl (C=O) groups is 2. The number of likely N-dealkylation sites (tertiary alicyclic amines) is 1. The Morgan fingerprint density at radius 2 is 1.63 bits per heavy atom. The summed E-state index contributed by atoms with van der Waals surface area (Å²) in [7, 11) is 4.60. The van der Waals surface area contributed by atoms with Crippen LogP contribution in [0.15, 0.2) is 72.3 Å². The Morgan fingerprint density at radius 3 is 2.29 bits per heavy atom. The fourth-order valence-corrected chi connectivity index (χ4v) is 4.27. The van der Waals surface area contributed by atoms with Gasteiger partial charge in [0.05, 0.1) is 32.9 Å². The second kappa shape index (κ2) is 10.1. The summed E-state index contributed by atoms with van der Waals surface area (Å²) in [4.78, 5) is 27.9. The molecule has 1 aliphatic rings. The highest BCUT2D eigenvalue weighted by atomic mass is 35.5. The summed E-state index contributed by atoms with van der Waals surface area (Å²) in [5.74, 6) is -0.159. The van der Waals surface area contributed by atoms with Crippen molar-refractivity contribution in [3.05, 3.63) is 94.0 Å². The van der Waals surface area contributed by atoms with Gasteiger partial charge in [0.2, 0.25) is 0 Å². The lowest BCUT2D eigenvalue weighted by atomic mass is 9.95. The third-order valence-electron chi connectivity index (χ3n) is 5.87. The lowest BCUT2D eigenvalue weighted by Crippen LogP contribution is -2.29. The van der Waals surface area contributed by atoms with Crippen molar-refractivity contribution in [3.63, 3.8) is 0 Å². The molecule has 7 nitrogen and oxygen atoms in total. The van der Waals surface area contributed by atoms with Crippen molar-refractivity contribution >= 4 is 29.1 Å². The summed E-state index contributed by atoms with van der Waals surface area (Å²) in [5, 5.41) is 11.6. The maximum atomic E-state index is 13.2. The van der Waals surface area contributed by atoms with Crippen LogP contribution in [0.25, 0.3) is 5.76 Å². The fourth-order valence-electron chi connectivity index (χ4n) is 4.14. The average Bonchev–Trinajstić information content (AvgIpc) is 3.13. The van der Waals surface area contributed by atoms with E-state index in [0.29, 0.717) is 33.4 Å². The number of methoxy groups -OCH3 is 3. The van der Waals surface area contributed by atoms with Crippen LogP contribution in [0, 0.1) is 0 Å². The van der Waals surface area contributed by atoms with Gasteiger partial charge in [-0.2, -0.15) is 0 Å². The molecule has 4 rings (SSSR count). The number of hydrogen-bond acceptors (Lipinski definition) is 6. The number of Topliss-reactive ketones (excluding diaryl/α,β-unsaturated/α-hetero) is 1. The lowest BCUT2D eigenvalue weighted by molar-refractivity contribution is -0.140. The molecule has 180 valence electrons. The minimum Gasteiger partial charge on any atom is -0.507 e.